The smallest absolute Gasteiger partial charge is 0.0710 e. The van der Waals surface area contributed by atoms with Gasteiger partial charge in [0.1, 0.15) is 0 Å². The van der Waals surface area contributed by atoms with Crippen molar-refractivity contribution in [3.05, 3.63) is 0 Å². The fourth-order valence-corrected chi connectivity index (χ4v) is 3.80. The normalized spacial score (nSPS) is 27.3. The number of rotatable bonds is 5. The third-order valence-corrected chi connectivity index (χ3v) is 4.87. The number of likely N-dealkylation sites (N-methyl/N-ethyl adjacent to an activating group) is 1. The van der Waals surface area contributed by atoms with E-state index in [-0.39, 0.29) is 11.0 Å². The molecule has 1 atom stereocenters. The van der Waals surface area contributed by atoms with Crippen LogP contribution in [-0.4, -0.2) is 43.3 Å². The standard InChI is InChI=1S/C16H32N2O/c1-15(2,12-17)13-18(3)11-14-7-10-16(19-14)8-5-4-6-9-16/h14H,4-13,17H2,1-3H3. The van der Waals surface area contributed by atoms with E-state index < -0.39 is 0 Å². The molecule has 3 nitrogen and oxygen atoms in total. The number of nitrogens with two attached hydrogens (primary N) is 1. The van der Waals surface area contributed by atoms with Gasteiger partial charge >= 0.3 is 0 Å². The number of nitrogens with zero attached hydrogens (tertiary/aromatic N) is 1. The van der Waals surface area contributed by atoms with Gasteiger partial charge in [0.05, 0.1) is 11.7 Å². The highest BCUT2D eigenvalue weighted by Gasteiger charge is 2.41. The van der Waals surface area contributed by atoms with Crippen LogP contribution in [0.4, 0.5) is 0 Å². The van der Waals surface area contributed by atoms with Crippen LogP contribution >= 0.6 is 0 Å². The largest absolute Gasteiger partial charge is 0.370 e. The van der Waals surface area contributed by atoms with Gasteiger partial charge < -0.3 is 15.4 Å². The molecule has 0 bridgehead atoms. The molecule has 1 saturated heterocycles. The summed E-state index contributed by atoms with van der Waals surface area (Å²) in [7, 11) is 2.20. The Labute approximate surface area is 118 Å². The molecule has 19 heavy (non-hydrogen) atoms. The van der Waals surface area contributed by atoms with Gasteiger partial charge in [0, 0.05) is 13.1 Å². The SMILES string of the molecule is CN(CC1CCC2(CCCCC2)O1)CC(C)(C)CN. The van der Waals surface area contributed by atoms with Crippen LogP contribution in [0.3, 0.4) is 0 Å². The molecule has 3 heteroatoms. The lowest BCUT2D eigenvalue weighted by Crippen LogP contribution is -2.41. The molecule has 1 heterocycles. The van der Waals surface area contributed by atoms with E-state index in [9.17, 15) is 0 Å². The summed E-state index contributed by atoms with van der Waals surface area (Å²) in [5.74, 6) is 0. The van der Waals surface area contributed by atoms with Crippen LogP contribution in [0.5, 0.6) is 0 Å². The summed E-state index contributed by atoms with van der Waals surface area (Å²) in [5.41, 5.74) is 6.28. The molecule has 0 aromatic rings. The minimum atomic E-state index is 0.204. The Morgan fingerprint density at radius 1 is 1.21 bits per heavy atom. The van der Waals surface area contributed by atoms with Crippen molar-refractivity contribution < 1.29 is 4.74 Å². The van der Waals surface area contributed by atoms with E-state index >= 15 is 0 Å². The lowest BCUT2D eigenvalue weighted by Gasteiger charge is -2.35. The molecular formula is C16H32N2O. The van der Waals surface area contributed by atoms with Crippen molar-refractivity contribution in [1.82, 2.24) is 4.90 Å². The Morgan fingerprint density at radius 2 is 1.89 bits per heavy atom. The first-order valence-corrected chi connectivity index (χ1v) is 8.01. The van der Waals surface area contributed by atoms with Gasteiger partial charge in [-0.1, -0.05) is 33.1 Å². The lowest BCUT2D eigenvalue weighted by atomic mass is 9.83. The van der Waals surface area contributed by atoms with Gasteiger partial charge in [0.25, 0.3) is 0 Å². The van der Waals surface area contributed by atoms with Crippen molar-refractivity contribution in [3.8, 4) is 0 Å². The first kappa shape index (κ1) is 15.3. The van der Waals surface area contributed by atoms with Gasteiger partial charge in [-0.3, -0.25) is 0 Å². The van der Waals surface area contributed by atoms with Gasteiger partial charge in [0.2, 0.25) is 0 Å². The molecule has 2 aliphatic rings. The summed E-state index contributed by atoms with van der Waals surface area (Å²) in [6.45, 7) is 7.33. The van der Waals surface area contributed by atoms with Crippen molar-refractivity contribution in [3.63, 3.8) is 0 Å². The van der Waals surface area contributed by atoms with E-state index in [1.54, 1.807) is 0 Å². The van der Waals surface area contributed by atoms with Crippen LogP contribution in [-0.2, 0) is 4.74 Å². The second-order valence-corrected chi connectivity index (χ2v) is 7.59. The highest BCUT2D eigenvalue weighted by Crippen LogP contribution is 2.42. The van der Waals surface area contributed by atoms with Crippen LogP contribution in [0.1, 0.15) is 58.8 Å². The molecule has 112 valence electrons. The summed E-state index contributed by atoms with van der Waals surface area (Å²) >= 11 is 0. The van der Waals surface area contributed by atoms with Crippen molar-refractivity contribution >= 4 is 0 Å². The van der Waals surface area contributed by atoms with Crippen LogP contribution in [0.2, 0.25) is 0 Å². The maximum absolute atomic E-state index is 6.44. The Kier molecular flexibility index (Phi) is 4.91. The van der Waals surface area contributed by atoms with Crippen molar-refractivity contribution in [2.24, 2.45) is 11.1 Å². The number of hydrogen-bond acceptors (Lipinski definition) is 3. The maximum Gasteiger partial charge on any atom is 0.0710 e. The molecular weight excluding hydrogens is 236 g/mol. The molecule has 1 aliphatic carbocycles. The minimum Gasteiger partial charge on any atom is -0.370 e. The van der Waals surface area contributed by atoms with Gasteiger partial charge in [-0.2, -0.15) is 0 Å². The van der Waals surface area contributed by atoms with E-state index in [0.29, 0.717) is 6.10 Å². The van der Waals surface area contributed by atoms with Crippen LogP contribution in [0.15, 0.2) is 0 Å². The second kappa shape index (κ2) is 6.11. The highest BCUT2D eigenvalue weighted by molar-refractivity contribution is 4.92. The Hall–Kier alpha value is -0.120. The summed E-state index contributed by atoms with van der Waals surface area (Å²) in [4.78, 5) is 2.40. The summed E-state index contributed by atoms with van der Waals surface area (Å²) in [6, 6.07) is 0. The first-order valence-electron chi connectivity index (χ1n) is 8.01. The summed E-state index contributed by atoms with van der Waals surface area (Å²) in [6.07, 6.45) is 9.69. The van der Waals surface area contributed by atoms with Gasteiger partial charge in [-0.05, 0) is 44.7 Å². The molecule has 1 aliphatic heterocycles. The van der Waals surface area contributed by atoms with E-state index in [4.69, 9.17) is 10.5 Å². The molecule has 0 aromatic heterocycles. The minimum absolute atomic E-state index is 0.204. The highest BCUT2D eigenvalue weighted by atomic mass is 16.5. The van der Waals surface area contributed by atoms with Gasteiger partial charge in [-0.15, -0.1) is 0 Å². The first-order chi connectivity index (χ1) is 8.95. The molecule has 2 N–H and O–H groups in total. The monoisotopic (exact) mass is 268 g/mol. The Bertz CT molecular complexity index is 284. The topological polar surface area (TPSA) is 38.5 Å². The zero-order valence-electron chi connectivity index (χ0n) is 13.1. The maximum atomic E-state index is 6.44. The van der Waals surface area contributed by atoms with Crippen molar-refractivity contribution in [2.75, 3.05) is 26.7 Å². The van der Waals surface area contributed by atoms with Crippen LogP contribution in [0, 0.1) is 5.41 Å². The molecule has 2 rings (SSSR count). The molecule has 0 radical (unpaired) electrons. The predicted molar refractivity (Wildman–Crippen MR) is 80.3 cm³/mol. The van der Waals surface area contributed by atoms with E-state index in [2.05, 4.69) is 25.8 Å². The summed E-state index contributed by atoms with van der Waals surface area (Å²) < 4.78 is 6.44. The van der Waals surface area contributed by atoms with Gasteiger partial charge in [0.15, 0.2) is 0 Å². The summed E-state index contributed by atoms with van der Waals surface area (Å²) in [5, 5.41) is 0. The van der Waals surface area contributed by atoms with E-state index in [0.717, 1.165) is 19.6 Å². The quantitative estimate of drug-likeness (QED) is 0.833. The van der Waals surface area contributed by atoms with Crippen LogP contribution in [0.25, 0.3) is 0 Å². The zero-order chi connectivity index (χ0) is 13.9. The number of ether oxygens (including phenoxy) is 1. The fraction of sp³-hybridized carbons (Fsp3) is 1.00. The molecule has 1 saturated carbocycles. The zero-order valence-corrected chi connectivity index (χ0v) is 13.1. The molecule has 1 unspecified atom stereocenters. The molecule has 0 amide bonds. The third-order valence-electron chi connectivity index (χ3n) is 4.87. The van der Waals surface area contributed by atoms with Crippen molar-refractivity contribution in [1.29, 1.82) is 0 Å². The fourth-order valence-electron chi connectivity index (χ4n) is 3.80. The van der Waals surface area contributed by atoms with Crippen molar-refractivity contribution in [2.45, 2.75) is 70.5 Å². The average Bonchev–Trinajstić information content (AvgIpc) is 2.72. The Morgan fingerprint density at radius 3 is 2.53 bits per heavy atom. The lowest BCUT2D eigenvalue weighted by molar-refractivity contribution is -0.0715. The molecule has 2 fully saturated rings. The Balaban J connectivity index is 1.78. The number of hydrogen-bond donors (Lipinski definition) is 1. The average molecular weight is 268 g/mol. The predicted octanol–water partition coefficient (Wildman–Crippen LogP) is 2.79. The van der Waals surface area contributed by atoms with Crippen LogP contribution < -0.4 is 5.73 Å². The third kappa shape index (κ3) is 4.17. The van der Waals surface area contributed by atoms with E-state index in [1.807, 2.05) is 0 Å². The van der Waals surface area contributed by atoms with E-state index in [1.165, 1.54) is 44.9 Å². The second-order valence-electron chi connectivity index (χ2n) is 7.59. The molecule has 0 aromatic carbocycles. The van der Waals surface area contributed by atoms with Gasteiger partial charge in [-0.25, -0.2) is 0 Å². The molecule has 1 spiro atoms.